The Morgan fingerprint density at radius 2 is 2.29 bits per heavy atom. The van der Waals surface area contributed by atoms with Crippen LogP contribution in [0.4, 0.5) is 0 Å². The third kappa shape index (κ3) is 4.44. The van der Waals surface area contributed by atoms with Gasteiger partial charge < -0.3 is 10.6 Å². The van der Waals surface area contributed by atoms with Gasteiger partial charge in [0, 0.05) is 19.0 Å². The normalized spacial score (nSPS) is 21.8. The Morgan fingerprint density at radius 1 is 1.42 bits per heavy atom. The van der Waals surface area contributed by atoms with Crippen LogP contribution in [0.3, 0.4) is 0 Å². The molecule has 1 aromatic rings. The predicted octanol–water partition coefficient (Wildman–Crippen LogP) is 1.89. The number of aromatic nitrogens is 3. The third-order valence-corrected chi connectivity index (χ3v) is 4.97. The SMILES string of the molecule is Cc1nc2n(n1)CC(NC(C)C(=O)NCCC1=CCCCC1)CC2. The molecule has 0 saturated heterocycles. The highest BCUT2D eigenvalue weighted by Gasteiger charge is 2.24. The van der Waals surface area contributed by atoms with E-state index in [1.54, 1.807) is 0 Å². The van der Waals surface area contributed by atoms with E-state index in [2.05, 4.69) is 26.8 Å². The van der Waals surface area contributed by atoms with Crippen LogP contribution in [0.2, 0.25) is 0 Å². The van der Waals surface area contributed by atoms with Gasteiger partial charge in [-0.1, -0.05) is 11.6 Å². The maximum Gasteiger partial charge on any atom is 0.236 e. The topological polar surface area (TPSA) is 71.8 Å². The molecular weight excluding hydrogens is 302 g/mol. The van der Waals surface area contributed by atoms with Crippen molar-refractivity contribution < 1.29 is 4.79 Å². The van der Waals surface area contributed by atoms with Gasteiger partial charge in [-0.2, -0.15) is 5.10 Å². The fourth-order valence-corrected chi connectivity index (χ4v) is 3.63. The smallest absolute Gasteiger partial charge is 0.236 e. The van der Waals surface area contributed by atoms with Gasteiger partial charge in [-0.15, -0.1) is 0 Å². The van der Waals surface area contributed by atoms with Crippen LogP contribution in [0.5, 0.6) is 0 Å². The summed E-state index contributed by atoms with van der Waals surface area (Å²) in [5, 5.41) is 10.9. The number of fused-ring (bicyclic) bond motifs is 1. The zero-order valence-corrected chi connectivity index (χ0v) is 14.8. The summed E-state index contributed by atoms with van der Waals surface area (Å²) >= 11 is 0. The van der Waals surface area contributed by atoms with Crippen molar-refractivity contribution in [3.05, 3.63) is 23.3 Å². The van der Waals surface area contributed by atoms with Gasteiger partial charge in [0.05, 0.1) is 12.6 Å². The molecule has 6 heteroatoms. The molecule has 0 aromatic carbocycles. The molecule has 3 rings (SSSR count). The second kappa shape index (κ2) is 7.92. The fourth-order valence-electron chi connectivity index (χ4n) is 3.63. The number of allylic oxidation sites excluding steroid dienone is 1. The monoisotopic (exact) mass is 331 g/mol. The lowest BCUT2D eigenvalue weighted by Crippen LogP contribution is -2.49. The Bertz CT molecular complexity index is 607. The molecule has 1 aliphatic carbocycles. The number of amides is 1. The first-order valence-electron chi connectivity index (χ1n) is 9.24. The van der Waals surface area contributed by atoms with Crippen molar-refractivity contribution in [1.82, 2.24) is 25.4 Å². The van der Waals surface area contributed by atoms with E-state index < -0.39 is 0 Å². The minimum absolute atomic E-state index is 0.0898. The van der Waals surface area contributed by atoms with Crippen LogP contribution in [-0.2, 0) is 17.8 Å². The summed E-state index contributed by atoms with van der Waals surface area (Å²) < 4.78 is 1.97. The predicted molar refractivity (Wildman–Crippen MR) is 93.6 cm³/mol. The molecule has 0 fully saturated rings. The van der Waals surface area contributed by atoms with Gasteiger partial charge >= 0.3 is 0 Å². The zero-order chi connectivity index (χ0) is 16.9. The minimum Gasteiger partial charge on any atom is -0.354 e. The average molecular weight is 331 g/mol. The molecule has 2 heterocycles. The number of nitrogens with one attached hydrogen (secondary N) is 2. The maximum atomic E-state index is 12.3. The average Bonchev–Trinajstić information content (AvgIpc) is 2.95. The zero-order valence-electron chi connectivity index (χ0n) is 14.8. The molecule has 2 atom stereocenters. The fraction of sp³-hybridized carbons (Fsp3) is 0.722. The summed E-state index contributed by atoms with van der Waals surface area (Å²) in [6, 6.07) is 0.0990. The lowest BCUT2D eigenvalue weighted by Gasteiger charge is -2.26. The van der Waals surface area contributed by atoms with Crippen LogP contribution in [0.15, 0.2) is 11.6 Å². The van der Waals surface area contributed by atoms with E-state index in [1.165, 1.54) is 31.3 Å². The van der Waals surface area contributed by atoms with E-state index in [9.17, 15) is 4.79 Å². The largest absolute Gasteiger partial charge is 0.354 e. The molecule has 0 radical (unpaired) electrons. The number of rotatable bonds is 6. The molecule has 24 heavy (non-hydrogen) atoms. The molecule has 2 N–H and O–H groups in total. The van der Waals surface area contributed by atoms with Gasteiger partial charge in [0.15, 0.2) is 0 Å². The van der Waals surface area contributed by atoms with Crippen molar-refractivity contribution in [1.29, 1.82) is 0 Å². The van der Waals surface area contributed by atoms with Crippen LogP contribution in [0, 0.1) is 6.92 Å². The lowest BCUT2D eigenvalue weighted by molar-refractivity contribution is -0.123. The van der Waals surface area contributed by atoms with E-state index in [1.807, 2.05) is 18.5 Å². The van der Waals surface area contributed by atoms with Crippen molar-refractivity contribution in [2.45, 2.75) is 77.4 Å². The van der Waals surface area contributed by atoms with Crippen LogP contribution >= 0.6 is 0 Å². The van der Waals surface area contributed by atoms with Gasteiger partial charge in [-0.3, -0.25) is 4.79 Å². The van der Waals surface area contributed by atoms with Crippen molar-refractivity contribution in [2.75, 3.05) is 6.54 Å². The highest BCUT2D eigenvalue weighted by molar-refractivity contribution is 5.81. The summed E-state index contributed by atoms with van der Waals surface area (Å²) in [5.74, 6) is 1.98. The minimum atomic E-state index is -0.179. The van der Waals surface area contributed by atoms with Crippen LogP contribution in [0.1, 0.15) is 57.1 Å². The summed E-state index contributed by atoms with van der Waals surface area (Å²) in [5.41, 5.74) is 1.50. The Labute approximate surface area is 144 Å². The number of carbonyl (C=O) groups excluding carboxylic acids is 1. The molecule has 1 aromatic heterocycles. The molecule has 6 nitrogen and oxygen atoms in total. The molecule has 0 spiro atoms. The molecule has 0 bridgehead atoms. The van der Waals surface area contributed by atoms with Crippen molar-refractivity contribution >= 4 is 5.91 Å². The van der Waals surface area contributed by atoms with Crippen molar-refractivity contribution in [3.8, 4) is 0 Å². The van der Waals surface area contributed by atoms with Crippen molar-refractivity contribution in [3.63, 3.8) is 0 Å². The first kappa shape index (κ1) is 17.1. The number of carbonyl (C=O) groups is 1. The van der Waals surface area contributed by atoms with E-state index in [-0.39, 0.29) is 18.0 Å². The number of nitrogens with zero attached hydrogens (tertiary/aromatic N) is 3. The molecular formula is C18H29N5O. The quantitative estimate of drug-likeness (QED) is 0.781. The highest BCUT2D eigenvalue weighted by atomic mass is 16.2. The first-order chi connectivity index (χ1) is 11.6. The Kier molecular flexibility index (Phi) is 5.66. The van der Waals surface area contributed by atoms with Gasteiger partial charge in [-0.25, -0.2) is 9.67 Å². The number of aryl methyl sites for hydroxylation is 2. The summed E-state index contributed by atoms with van der Waals surface area (Å²) in [6.45, 7) is 5.40. The number of hydrogen-bond donors (Lipinski definition) is 2. The van der Waals surface area contributed by atoms with Gasteiger partial charge in [0.25, 0.3) is 0 Å². The first-order valence-corrected chi connectivity index (χ1v) is 9.24. The molecule has 1 amide bonds. The molecule has 0 saturated carbocycles. The maximum absolute atomic E-state index is 12.3. The summed E-state index contributed by atoms with van der Waals surface area (Å²) in [4.78, 5) is 16.7. The van der Waals surface area contributed by atoms with E-state index >= 15 is 0 Å². The second-order valence-corrected chi connectivity index (χ2v) is 7.03. The lowest BCUT2D eigenvalue weighted by atomic mass is 9.97. The molecule has 2 aliphatic rings. The Balaban J connectivity index is 1.40. The standard InChI is InChI=1S/C18H29N5O/c1-13(18(24)19-11-10-15-6-4-3-5-7-15)20-16-8-9-17-21-14(2)22-23(17)12-16/h6,13,16,20H,3-5,7-12H2,1-2H3,(H,19,24). The number of hydrogen-bond acceptors (Lipinski definition) is 4. The van der Waals surface area contributed by atoms with Crippen LogP contribution in [0.25, 0.3) is 0 Å². The Morgan fingerprint density at radius 3 is 3.08 bits per heavy atom. The van der Waals surface area contributed by atoms with Crippen LogP contribution in [-0.4, -0.2) is 39.3 Å². The third-order valence-electron chi connectivity index (χ3n) is 4.97. The molecule has 2 unspecified atom stereocenters. The van der Waals surface area contributed by atoms with Gasteiger partial charge in [-0.05, 0) is 52.4 Å². The summed E-state index contributed by atoms with van der Waals surface area (Å²) in [6.07, 6.45) is 10.3. The van der Waals surface area contributed by atoms with E-state index in [0.29, 0.717) is 0 Å². The van der Waals surface area contributed by atoms with Crippen LogP contribution < -0.4 is 10.6 Å². The van der Waals surface area contributed by atoms with Gasteiger partial charge in [0.2, 0.25) is 5.91 Å². The van der Waals surface area contributed by atoms with Crippen molar-refractivity contribution in [2.24, 2.45) is 0 Å². The highest BCUT2D eigenvalue weighted by Crippen LogP contribution is 2.19. The molecule has 132 valence electrons. The van der Waals surface area contributed by atoms with E-state index in [4.69, 9.17) is 0 Å². The summed E-state index contributed by atoms with van der Waals surface area (Å²) in [7, 11) is 0. The second-order valence-electron chi connectivity index (χ2n) is 7.03. The van der Waals surface area contributed by atoms with Gasteiger partial charge in [0.1, 0.15) is 11.6 Å². The van der Waals surface area contributed by atoms with E-state index in [0.717, 1.165) is 44.0 Å². The Hall–Kier alpha value is -1.69. The molecule has 1 aliphatic heterocycles.